The molecule has 0 unspecified atom stereocenters. The molecule has 0 spiro atoms. The van der Waals surface area contributed by atoms with Gasteiger partial charge < -0.3 is 15.1 Å². The van der Waals surface area contributed by atoms with Crippen LogP contribution in [0.15, 0.2) is 97.2 Å². The topological polar surface area (TPSA) is 124 Å². The Hall–Kier alpha value is -5.52. The molecule has 2 aliphatic heterocycles. The van der Waals surface area contributed by atoms with Crippen molar-refractivity contribution in [3.63, 3.8) is 0 Å². The summed E-state index contributed by atoms with van der Waals surface area (Å²) < 4.78 is 0. The van der Waals surface area contributed by atoms with E-state index in [1.165, 1.54) is 4.90 Å². The summed E-state index contributed by atoms with van der Waals surface area (Å²) in [5.41, 5.74) is 4.74. The standard InChI is InChI=1S/C22H20ClN5O2.C16H16ClN3O/c1-2-27-18-10-9-17(15-6-5-7-16(23)14-15)25-21(18)28(13-11-20(27)29)22(30)26-19-8-3-4-12-24-19;1-2-20-14-7-6-13(11-4-3-5-12(17)10-11)19-16(14)18-9-8-15(20)21/h3-10,12,14H,2,11,13H2,1H3,(H,24,26,30);3-7,10H,2,8-9H2,1H3,(H,18,19). The van der Waals surface area contributed by atoms with E-state index in [0.717, 1.165) is 28.3 Å². The molecule has 260 valence electrons. The number of amides is 4. The molecule has 51 heavy (non-hydrogen) atoms. The van der Waals surface area contributed by atoms with Gasteiger partial charge in [-0.05, 0) is 74.5 Å². The van der Waals surface area contributed by atoms with Crippen LogP contribution in [-0.2, 0) is 9.59 Å². The molecule has 13 heteroatoms. The molecule has 2 aromatic carbocycles. The molecule has 0 radical (unpaired) electrons. The van der Waals surface area contributed by atoms with Crippen molar-refractivity contribution in [2.45, 2.75) is 26.7 Å². The van der Waals surface area contributed by atoms with Gasteiger partial charge in [0.25, 0.3) is 0 Å². The number of anilines is 5. The Balaban J connectivity index is 0.000000187. The lowest BCUT2D eigenvalue weighted by Gasteiger charge is -2.24. The van der Waals surface area contributed by atoms with Gasteiger partial charge in [-0.3, -0.25) is 19.8 Å². The molecule has 2 aliphatic rings. The number of aromatic nitrogens is 3. The molecule has 5 heterocycles. The molecular weight excluding hydrogens is 687 g/mol. The fourth-order valence-electron chi connectivity index (χ4n) is 5.91. The second-order valence-electron chi connectivity index (χ2n) is 11.6. The third-order valence-corrected chi connectivity index (χ3v) is 8.84. The van der Waals surface area contributed by atoms with Gasteiger partial charge in [0, 0.05) is 66.4 Å². The van der Waals surface area contributed by atoms with E-state index in [4.69, 9.17) is 28.2 Å². The zero-order valence-electron chi connectivity index (χ0n) is 28.1. The lowest BCUT2D eigenvalue weighted by molar-refractivity contribution is -0.119. The van der Waals surface area contributed by atoms with E-state index in [-0.39, 0.29) is 24.8 Å². The molecule has 0 aliphatic carbocycles. The lowest BCUT2D eigenvalue weighted by Crippen LogP contribution is -2.36. The van der Waals surface area contributed by atoms with Gasteiger partial charge in [0.2, 0.25) is 11.8 Å². The molecular formula is C38H36Cl2N8O3. The van der Waals surface area contributed by atoms with Crippen LogP contribution in [0, 0.1) is 0 Å². The van der Waals surface area contributed by atoms with E-state index in [9.17, 15) is 14.4 Å². The number of pyridine rings is 3. The molecule has 5 aromatic rings. The molecule has 0 bridgehead atoms. The molecule has 11 nitrogen and oxygen atoms in total. The number of hydrogen-bond donors (Lipinski definition) is 2. The number of benzene rings is 2. The number of hydrogen-bond acceptors (Lipinski definition) is 7. The van der Waals surface area contributed by atoms with Gasteiger partial charge in [0.05, 0.1) is 22.8 Å². The summed E-state index contributed by atoms with van der Waals surface area (Å²) in [6, 6.07) is 27.3. The first-order chi connectivity index (χ1) is 24.7. The minimum absolute atomic E-state index is 0.0517. The second-order valence-corrected chi connectivity index (χ2v) is 12.5. The van der Waals surface area contributed by atoms with Gasteiger partial charge in [0.1, 0.15) is 5.82 Å². The molecule has 0 saturated carbocycles. The SMILES string of the molecule is CCN1C(=O)CCN(C(=O)Nc2ccccn2)c2nc(-c3cccc(Cl)c3)ccc21.CCN1C(=O)CCNc2nc(-c3cccc(Cl)c3)ccc21. The average Bonchev–Trinajstić information content (AvgIpc) is 3.39. The Bertz CT molecular complexity index is 2060. The maximum atomic E-state index is 13.1. The number of halogens is 2. The van der Waals surface area contributed by atoms with Crippen LogP contribution in [-0.4, -0.2) is 59.0 Å². The van der Waals surface area contributed by atoms with E-state index in [0.29, 0.717) is 59.1 Å². The zero-order valence-corrected chi connectivity index (χ0v) is 29.7. The monoisotopic (exact) mass is 722 g/mol. The average molecular weight is 724 g/mol. The number of nitrogens with zero attached hydrogens (tertiary/aromatic N) is 6. The van der Waals surface area contributed by atoms with E-state index in [1.54, 1.807) is 40.3 Å². The van der Waals surface area contributed by atoms with Crippen LogP contribution < -0.4 is 25.3 Å². The van der Waals surface area contributed by atoms with Crippen LogP contribution in [0.1, 0.15) is 26.7 Å². The molecule has 3 aromatic heterocycles. The third-order valence-electron chi connectivity index (χ3n) is 8.37. The highest BCUT2D eigenvalue weighted by molar-refractivity contribution is 6.31. The van der Waals surface area contributed by atoms with Gasteiger partial charge in [-0.1, -0.05) is 53.5 Å². The highest BCUT2D eigenvalue weighted by Gasteiger charge is 2.30. The summed E-state index contributed by atoms with van der Waals surface area (Å²) in [6.07, 6.45) is 2.28. The zero-order chi connectivity index (χ0) is 35.9. The van der Waals surface area contributed by atoms with Crippen LogP contribution in [0.5, 0.6) is 0 Å². The van der Waals surface area contributed by atoms with Crippen molar-refractivity contribution < 1.29 is 14.4 Å². The van der Waals surface area contributed by atoms with Gasteiger partial charge in [-0.2, -0.15) is 0 Å². The minimum atomic E-state index is -0.392. The summed E-state index contributed by atoms with van der Waals surface area (Å²) in [7, 11) is 0. The summed E-state index contributed by atoms with van der Waals surface area (Å²) in [6.45, 7) is 5.82. The van der Waals surface area contributed by atoms with Gasteiger partial charge in [-0.25, -0.2) is 19.7 Å². The Morgan fingerprint density at radius 2 is 1.39 bits per heavy atom. The molecule has 4 amide bonds. The largest absolute Gasteiger partial charge is 0.368 e. The van der Waals surface area contributed by atoms with Crippen LogP contribution in [0.3, 0.4) is 0 Å². The first kappa shape index (κ1) is 35.3. The van der Waals surface area contributed by atoms with Crippen LogP contribution in [0.4, 0.5) is 33.6 Å². The van der Waals surface area contributed by atoms with Gasteiger partial charge in [-0.15, -0.1) is 0 Å². The molecule has 0 saturated heterocycles. The Morgan fingerprint density at radius 1 is 0.765 bits per heavy atom. The van der Waals surface area contributed by atoms with Crippen molar-refractivity contribution >= 4 is 69.9 Å². The highest BCUT2D eigenvalue weighted by atomic mass is 35.5. The lowest BCUT2D eigenvalue weighted by atomic mass is 10.1. The van der Waals surface area contributed by atoms with Crippen LogP contribution in [0.25, 0.3) is 22.5 Å². The van der Waals surface area contributed by atoms with Crippen molar-refractivity contribution in [1.29, 1.82) is 0 Å². The second kappa shape index (κ2) is 16.0. The van der Waals surface area contributed by atoms with Crippen molar-refractivity contribution in [1.82, 2.24) is 15.0 Å². The third kappa shape index (κ3) is 8.11. The number of nitrogens with one attached hydrogen (secondary N) is 2. The number of rotatable bonds is 5. The summed E-state index contributed by atoms with van der Waals surface area (Å²) in [5.74, 6) is 1.68. The predicted molar refractivity (Wildman–Crippen MR) is 204 cm³/mol. The summed E-state index contributed by atoms with van der Waals surface area (Å²) >= 11 is 12.2. The highest BCUT2D eigenvalue weighted by Crippen LogP contribution is 2.35. The molecule has 0 fully saturated rings. The van der Waals surface area contributed by atoms with Crippen LogP contribution >= 0.6 is 23.2 Å². The van der Waals surface area contributed by atoms with Gasteiger partial charge >= 0.3 is 6.03 Å². The number of carbonyl (C=O) groups is 3. The van der Waals surface area contributed by atoms with Crippen LogP contribution in [0.2, 0.25) is 10.0 Å². The Morgan fingerprint density at radius 3 is 2.02 bits per heavy atom. The smallest absolute Gasteiger partial charge is 0.328 e. The van der Waals surface area contributed by atoms with Crippen molar-refractivity contribution in [3.8, 4) is 22.5 Å². The first-order valence-electron chi connectivity index (χ1n) is 16.6. The molecule has 0 atom stereocenters. The first-order valence-corrected chi connectivity index (χ1v) is 17.4. The van der Waals surface area contributed by atoms with Crippen molar-refractivity contribution in [3.05, 3.63) is 107 Å². The summed E-state index contributed by atoms with van der Waals surface area (Å²) in [4.78, 5) is 56.2. The van der Waals surface area contributed by atoms with E-state index < -0.39 is 6.03 Å². The number of fused-ring (bicyclic) bond motifs is 2. The minimum Gasteiger partial charge on any atom is -0.368 e. The molecule has 2 N–H and O–H groups in total. The van der Waals surface area contributed by atoms with Gasteiger partial charge in [0.15, 0.2) is 11.6 Å². The molecule has 7 rings (SSSR count). The normalized spacial score (nSPS) is 13.9. The maximum Gasteiger partial charge on any atom is 0.328 e. The Labute approximate surface area is 306 Å². The van der Waals surface area contributed by atoms with E-state index >= 15 is 0 Å². The summed E-state index contributed by atoms with van der Waals surface area (Å²) in [5, 5.41) is 7.30. The quantitative estimate of drug-likeness (QED) is 0.188. The van der Waals surface area contributed by atoms with Crippen molar-refractivity contribution in [2.75, 3.05) is 51.5 Å². The fraction of sp³-hybridized carbons (Fsp3) is 0.211. The number of urea groups is 1. The maximum absolute atomic E-state index is 13.1. The predicted octanol–water partition coefficient (Wildman–Crippen LogP) is 8.16. The fourth-order valence-corrected chi connectivity index (χ4v) is 6.29. The Kier molecular flexibility index (Phi) is 11.1. The van der Waals surface area contributed by atoms with Crippen molar-refractivity contribution in [2.24, 2.45) is 0 Å². The van der Waals surface area contributed by atoms with E-state index in [2.05, 4.69) is 20.6 Å². The number of carbonyl (C=O) groups excluding carboxylic acids is 3. The van der Waals surface area contributed by atoms with E-state index in [1.807, 2.05) is 80.6 Å².